The molecule has 1 saturated heterocycles. The minimum absolute atomic E-state index is 0.152. The van der Waals surface area contributed by atoms with Crippen LogP contribution < -0.4 is 0 Å². The number of hydrogen-bond donors (Lipinski definition) is 0. The first kappa shape index (κ1) is 17.6. The highest BCUT2D eigenvalue weighted by Crippen LogP contribution is 2.62. The van der Waals surface area contributed by atoms with Crippen LogP contribution in [0.15, 0.2) is 30.3 Å². The first-order valence-corrected chi connectivity index (χ1v) is 9.69. The predicted molar refractivity (Wildman–Crippen MR) is 88.1 cm³/mol. The summed E-state index contributed by atoms with van der Waals surface area (Å²) < 4.78 is 21.7. The fourth-order valence-corrected chi connectivity index (χ4v) is 5.79. The highest BCUT2D eigenvalue weighted by atomic mass is 35.5. The van der Waals surface area contributed by atoms with Crippen LogP contribution in [0.1, 0.15) is 18.0 Å². The van der Waals surface area contributed by atoms with Gasteiger partial charge in [-0.2, -0.15) is 0 Å². The maximum Gasteiger partial charge on any atom is 0.360 e. The van der Waals surface area contributed by atoms with E-state index in [0.717, 1.165) is 5.56 Å². The van der Waals surface area contributed by atoms with Crippen molar-refractivity contribution in [2.75, 3.05) is 31.5 Å². The molecule has 2 atom stereocenters. The van der Waals surface area contributed by atoms with E-state index in [-0.39, 0.29) is 6.04 Å². The molecular formula is C13H18Cl3N2O2P. The summed E-state index contributed by atoms with van der Waals surface area (Å²) in [5, 5.41) is 0. The number of benzene rings is 1. The number of alkyl halides is 2. The van der Waals surface area contributed by atoms with E-state index in [4.69, 9.17) is 39.5 Å². The van der Waals surface area contributed by atoms with Crippen molar-refractivity contribution in [3.05, 3.63) is 35.9 Å². The Balaban J connectivity index is 2.25. The van der Waals surface area contributed by atoms with Crippen molar-refractivity contribution in [2.24, 2.45) is 0 Å². The van der Waals surface area contributed by atoms with Gasteiger partial charge in [-0.3, -0.25) is 4.57 Å². The van der Waals surface area contributed by atoms with Gasteiger partial charge in [0.15, 0.2) is 0 Å². The van der Waals surface area contributed by atoms with Gasteiger partial charge >= 0.3 is 7.67 Å². The summed E-state index contributed by atoms with van der Waals surface area (Å²) in [5.41, 5.74) is 1.02. The molecule has 1 fully saturated rings. The molecule has 0 aliphatic carbocycles. The number of halogens is 3. The zero-order valence-electron chi connectivity index (χ0n) is 11.5. The van der Waals surface area contributed by atoms with Gasteiger partial charge in [0.05, 0.1) is 12.6 Å². The highest BCUT2D eigenvalue weighted by Gasteiger charge is 2.45. The summed E-state index contributed by atoms with van der Waals surface area (Å²) in [6.45, 7) is 1.22. The molecule has 1 aliphatic rings. The van der Waals surface area contributed by atoms with Crippen molar-refractivity contribution in [1.29, 1.82) is 0 Å². The van der Waals surface area contributed by atoms with Crippen LogP contribution in [0.4, 0.5) is 0 Å². The fraction of sp³-hybridized carbons (Fsp3) is 0.538. The van der Waals surface area contributed by atoms with E-state index in [1.54, 1.807) is 4.67 Å². The third kappa shape index (κ3) is 3.94. The molecule has 1 heterocycles. The van der Waals surface area contributed by atoms with Crippen LogP contribution in [-0.4, -0.2) is 40.3 Å². The van der Waals surface area contributed by atoms with Crippen LogP contribution >= 0.6 is 42.6 Å². The Kier molecular flexibility index (Phi) is 6.82. The van der Waals surface area contributed by atoms with E-state index < -0.39 is 7.67 Å². The lowest BCUT2D eigenvalue weighted by atomic mass is 10.1. The molecular weight excluding hydrogens is 353 g/mol. The molecule has 0 saturated carbocycles. The molecule has 1 aliphatic heterocycles. The molecule has 4 nitrogen and oxygen atoms in total. The Morgan fingerprint density at radius 2 is 1.86 bits per heavy atom. The molecule has 1 aromatic rings. The molecule has 21 heavy (non-hydrogen) atoms. The van der Waals surface area contributed by atoms with Gasteiger partial charge in [0.2, 0.25) is 0 Å². The topological polar surface area (TPSA) is 32.8 Å². The van der Waals surface area contributed by atoms with Crippen LogP contribution in [0, 0.1) is 0 Å². The van der Waals surface area contributed by atoms with Gasteiger partial charge in [0.25, 0.3) is 0 Å². The van der Waals surface area contributed by atoms with Crippen molar-refractivity contribution in [2.45, 2.75) is 12.5 Å². The second-order valence-corrected chi connectivity index (χ2v) is 8.25. The van der Waals surface area contributed by atoms with Gasteiger partial charge in [-0.15, -0.1) is 27.4 Å². The van der Waals surface area contributed by atoms with Gasteiger partial charge < -0.3 is 4.52 Å². The summed E-state index contributed by atoms with van der Waals surface area (Å²) in [7, 11) is -3.31. The first-order chi connectivity index (χ1) is 10.1. The number of hydrogen-bond acceptors (Lipinski definition) is 2. The molecule has 0 aromatic heterocycles. The van der Waals surface area contributed by atoms with E-state index in [1.807, 2.05) is 30.3 Å². The van der Waals surface area contributed by atoms with E-state index in [9.17, 15) is 4.57 Å². The van der Waals surface area contributed by atoms with E-state index in [0.29, 0.717) is 37.9 Å². The maximum absolute atomic E-state index is 13.2. The van der Waals surface area contributed by atoms with Gasteiger partial charge in [-0.1, -0.05) is 30.3 Å². The fourth-order valence-electron chi connectivity index (χ4n) is 2.35. The molecule has 2 unspecified atom stereocenters. The Hall–Kier alpha value is 0.200. The normalized spacial score (nSPS) is 27.1. The van der Waals surface area contributed by atoms with Gasteiger partial charge in [0, 0.05) is 24.8 Å². The van der Waals surface area contributed by atoms with Crippen LogP contribution in [-0.2, 0) is 9.09 Å². The molecule has 1 aromatic carbocycles. The van der Waals surface area contributed by atoms with Crippen molar-refractivity contribution >= 4 is 42.6 Å². The van der Waals surface area contributed by atoms with Crippen LogP contribution in [0.2, 0.25) is 0 Å². The summed E-state index contributed by atoms with van der Waals surface area (Å²) in [6.07, 6.45) is 0.688. The average Bonchev–Trinajstić information content (AvgIpc) is 2.51. The zero-order valence-corrected chi connectivity index (χ0v) is 14.7. The molecule has 0 spiro atoms. The Morgan fingerprint density at radius 3 is 2.43 bits per heavy atom. The summed E-state index contributed by atoms with van der Waals surface area (Å²) in [4.78, 5) is 0. The SMILES string of the molecule is O=P1(N(CCCl)CCCl)OCCC(c2ccccc2)N1Cl. The van der Waals surface area contributed by atoms with Crippen molar-refractivity contribution in [3.63, 3.8) is 0 Å². The maximum atomic E-state index is 13.2. The Labute approximate surface area is 140 Å². The highest BCUT2D eigenvalue weighted by molar-refractivity contribution is 7.55. The third-order valence-electron chi connectivity index (χ3n) is 3.38. The zero-order chi connectivity index (χ0) is 15.3. The molecule has 0 bridgehead atoms. The van der Waals surface area contributed by atoms with E-state index in [1.165, 1.54) is 4.19 Å². The lowest BCUT2D eigenvalue weighted by Gasteiger charge is -2.41. The van der Waals surface area contributed by atoms with Crippen LogP contribution in [0.25, 0.3) is 0 Å². The molecule has 118 valence electrons. The lowest BCUT2D eigenvalue weighted by molar-refractivity contribution is 0.171. The molecule has 0 N–H and O–H groups in total. The van der Waals surface area contributed by atoms with E-state index >= 15 is 0 Å². The second kappa shape index (κ2) is 8.16. The van der Waals surface area contributed by atoms with Gasteiger partial charge in [0.1, 0.15) is 0 Å². The Morgan fingerprint density at radius 1 is 1.24 bits per heavy atom. The molecule has 0 amide bonds. The van der Waals surface area contributed by atoms with Crippen LogP contribution in [0.5, 0.6) is 0 Å². The molecule has 2 rings (SSSR count). The molecule has 8 heteroatoms. The lowest BCUT2D eigenvalue weighted by Crippen LogP contribution is -2.36. The van der Waals surface area contributed by atoms with Gasteiger partial charge in [-0.25, -0.2) is 4.67 Å². The summed E-state index contributed by atoms with van der Waals surface area (Å²) in [6, 6.07) is 9.62. The smallest absolute Gasteiger partial charge is 0.305 e. The number of nitrogens with zero attached hydrogens (tertiary/aromatic N) is 2. The average molecular weight is 372 g/mol. The first-order valence-electron chi connectivity index (χ1n) is 6.76. The summed E-state index contributed by atoms with van der Waals surface area (Å²) >= 11 is 18.0. The minimum atomic E-state index is -3.31. The van der Waals surface area contributed by atoms with Crippen molar-refractivity contribution in [3.8, 4) is 0 Å². The molecule has 0 radical (unpaired) electrons. The standard InChI is InChI=1S/C13H18Cl3N2O2P/c14-7-9-17(10-8-15)21(19)18(16)13(6-11-20-21)12-4-2-1-3-5-12/h1-5,13H,6-11H2. The number of rotatable bonds is 6. The predicted octanol–water partition coefficient (Wildman–Crippen LogP) is 4.49. The monoisotopic (exact) mass is 370 g/mol. The Bertz CT molecular complexity index is 486. The second-order valence-electron chi connectivity index (χ2n) is 4.66. The third-order valence-corrected chi connectivity index (χ3v) is 6.92. The quantitative estimate of drug-likeness (QED) is 0.419. The van der Waals surface area contributed by atoms with Crippen LogP contribution in [0.3, 0.4) is 0 Å². The minimum Gasteiger partial charge on any atom is -0.305 e. The van der Waals surface area contributed by atoms with Crippen molar-refractivity contribution < 1.29 is 9.09 Å². The summed E-state index contributed by atoms with van der Waals surface area (Å²) in [5.74, 6) is 0.677. The van der Waals surface area contributed by atoms with Crippen molar-refractivity contribution in [1.82, 2.24) is 8.86 Å². The van der Waals surface area contributed by atoms with Gasteiger partial charge in [-0.05, 0) is 23.8 Å². The van der Waals surface area contributed by atoms with E-state index in [2.05, 4.69) is 0 Å². The largest absolute Gasteiger partial charge is 0.360 e.